The fourth-order valence-corrected chi connectivity index (χ4v) is 1.50. The molecular formula is C13H16N4. The van der Waals surface area contributed by atoms with Crippen molar-refractivity contribution >= 4 is 0 Å². The molecule has 0 radical (unpaired) electrons. The maximum absolute atomic E-state index is 4.36. The van der Waals surface area contributed by atoms with Crippen LogP contribution in [0.4, 0.5) is 0 Å². The van der Waals surface area contributed by atoms with E-state index >= 15 is 0 Å². The van der Waals surface area contributed by atoms with Crippen molar-refractivity contribution in [2.45, 2.75) is 27.2 Å². The minimum absolute atomic E-state index is 0.202. The Morgan fingerprint density at radius 1 is 0.941 bits per heavy atom. The first-order chi connectivity index (χ1) is 8.04. The molecule has 0 aliphatic heterocycles. The molecule has 2 rings (SSSR count). The number of nitrogens with zero attached hydrogens (tertiary/aromatic N) is 4. The fraction of sp³-hybridized carbons (Fsp3) is 0.385. The van der Waals surface area contributed by atoms with Gasteiger partial charge in [-0.05, 0) is 5.41 Å². The van der Waals surface area contributed by atoms with Crippen LogP contribution in [0.5, 0.6) is 0 Å². The molecule has 17 heavy (non-hydrogen) atoms. The smallest absolute Gasteiger partial charge is 0.128 e. The van der Waals surface area contributed by atoms with Crippen molar-refractivity contribution in [3.8, 4) is 11.3 Å². The quantitative estimate of drug-likeness (QED) is 0.792. The summed E-state index contributed by atoms with van der Waals surface area (Å²) in [6.07, 6.45) is 9.50. The fourth-order valence-electron chi connectivity index (χ4n) is 1.50. The minimum Gasteiger partial charge on any atom is -0.261 e. The first kappa shape index (κ1) is 11.6. The Balaban J connectivity index is 2.19. The highest BCUT2D eigenvalue weighted by Gasteiger charge is 2.13. The normalized spacial score (nSPS) is 11.5. The average molecular weight is 228 g/mol. The second kappa shape index (κ2) is 4.57. The van der Waals surface area contributed by atoms with Gasteiger partial charge in [0.15, 0.2) is 0 Å². The molecule has 0 amide bonds. The van der Waals surface area contributed by atoms with E-state index < -0.39 is 0 Å². The largest absolute Gasteiger partial charge is 0.261 e. The van der Waals surface area contributed by atoms with Crippen molar-refractivity contribution in [3.63, 3.8) is 0 Å². The van der Waals surface area contributed by atoms with E-state index in [0.29, 0.717) is 0 Å². The summed E-state index contributed by atoms with van der Waals surface area (Å²) in [7, 11) is 0. The van der Waals surface area contributed by atoms with E-state index in [9.17, 15) is 0 Å². The van der Waals surface area contributed by atoms with Gasteiger partial charge in [-0.15, -0.1) is 0 Å². The highest BCUT2D eigenvalue weighted by atomic mass is 14.9. The summed E-state index contributed by atoms with van der Waals surface area (Å²) in [5.41, 5.74) is 1.90. The Hall–Kier alpha value is -1.84. The predicted molar refractivity (Wildman–Crippen MR) is 66.2 cm³/mol. The van der Waals surface area contributed by atoms with Gasteiger partial charge in [0.05, 0.1) is 11.9 Å². The van der Waals surface area contributed by atoms with Crippen LogP contribution in [0.15, 0.2) is 31.0 Å². The number of hydrogen-bond acceptors (Lipinski definition) is 4. The molecule has 0 N–H and O–H groups in total. The van der Waals surface area contributed by atoms with Crippen LogP contribution in [0.3, 0.4) is 0 Å². The van der Waals surface area contributed by atoms with E-state index in [4.69, 9.17) is 0 Å². The average Bonchev–Trinajstić information content (AvgIpc) is 2.29. The van der Waals surface area contributed by atoms with Gasteiger partial charge in [-0.2, -0.15) is 0 Å². The molecule has 0 saturated carbocycles. The molecule has 2 aromatic rings. The Kier molecular flexibility index (Phi) is 3.13. The van der Waals surface area contributed by atoms with Gasteiger partial charge < -0.3 is 0 Å². The van der Waals surface area contributed by atoms with E-state index in [1.807, 2.05) is 0 Å². The molecule has 0 fully saturated rings. The highest BCUT2D eigenvalue weighted by Crippen LogP contribution is 2.19. The second-order valence-corrected chi connectivity index (χ2v) is 5.22. The van der Waals surface area contributed by atoms with E-state index in [2.05, 4.69) is 40.7 Å². The molecule has 0 aliphatic rings. The molecule has 0 atom stereocenters. The monoisotopic (exact) mass is 228 g/mol. The van der Waals surface area contributed by atoms with Gasteiger partial charge in [-0.3, -0.25) is 9.97 Å². The second-order valence-electron chi connectivity index (χ2n) is 5.22. The van der Waals surface area contributed by atoms with Crippen LogP contribution in [-0.2, 0) is 6.42 Å². The lowest BCUT2D eigenvalue weighted by atomic mass is 9.92. The van der Waals surface area contributed by atoms with Gasteiger partial charge in [0, 0.05) is 36.8 Å². The third-order valence-electron chi connectivity index (χ3n) is 2.25. The van der Waals surface area contributed by atoms with Crippen molar-refractivity contribution in [2.75, 3.05) is 0 Å². The highest BCUT2D eigenvalue weighted by molar-refractivity contribution is 5.54. The Morgan fingerprint density at radius 3 is 2.18 bits per heavy atom. The standard InChI is InChI=1S/C13H16N4/c1-13(2,3)6-12-16-7-10(8-17-12)11-9-14-4-5-15-11/h4-5,7-9H,6H2,1-3H3. The SMILES string of the molecule is CC(C)(C)Cc1ncc(-c2cnccn2)cn1. The molecule has 0 aromatic carbocycles. The van der Waals surface area contributed by atoms with Crippen LogP contribution in [0.1, 0.15) is 26.6 Å². The summed E-state index contributed by atoms with van der Waals surface area (Å²) < 4.78 is 0. The lowest BCUT2D eigenvalue weighted by Gasteiger charge is -2.16. The van der Waals surface area contributed by atoms with Crippen LogP contribution in [0.2, 0.25) is 0 Å². The summed E-state index contributed by atoms with van der Waals surface area (Å²) in [5.74, 6) is 0.866. The van der Waals surface area contributed by atoms with E-state index in [1.165, 1.54) is 0 Å². The molecule has 0 bridgehead atoms. The van der Waals surface area contributed by atoms with Crippen LogP contribution < -0.4 is 0 Å². The van der Waals surface area contributed by atoms with Gasteiger partial charge in [0.1, 0.15) is 5.82 Å². The van der Waals surface area contributed by atoms with Crippen LogP contribution in [0, 0.1) is 5.41 Å². The minimum atomic E-state index is 0.202. The topological polar surface area (TPSA) is 51.6 Å². The molecular weight excluding hydrogens is 212 g/mol. The summed E-state index contributed by atoms with van der Waals surface area (Å²) >= 11 is 0. The zero-order valence-electron chi connectivity index (χ0n) is 10.4. The molecule has 0 saturated heterocycles. The Bertz CT molecular complexity index is 471. The maximum atomic E-state index is 4.36. The maximum Gasteiger partial charge on any atom is 0.128 e. The first-order valence-electron chi connectivity index (χ1n) is 5.62. The molecule has 88 valence electrons. The van der Waals surface area contributed by atoms with Gasteiger partial charge >= 0.3 is 0 Å². The van der Waals surface area contributed by atoms with Gasteiger partial charge in [-0.25, -0.2) is 9.97 Å². The van der Waals surface area contributed by atoms with Crippen LogP contribution >= 0.6 is 0 Å². The van der Waals surface area contributed by atoms with Crippen molar-refractivity contribution in [3.05, 3.63) is 36.8 Å². The summed E-state index contributed by atoms with van der Waals surface area (Å²) in [5, 5.41) is 0. The molecule has 0 aliphatic carbocycles. The predicted octanol–water partition coefficient (Wildman–Crippen LogP) is 2.52. The number of hydrogen-bond donors (Lipinski definition) is 0. The third kappa shape index (κ3) is 3.31. The molecule has 0 unspecified atom stereocenters. The summed E-state index contributed by atoms with van der Waals surface area (Å²) in [6, 6.07) is 0. The molecule has 2 aromatic heterocycles. The van der Waals surface area contributed by atoms with E-state index in [0.717, 1.165) is 23.5 Å². The molecule has 4 heteroatoms. The Labute approximate surface area is 101 Å². The zero-order valence-corrected chi connectivity index (χ0v) is 10.4. The van der Waals surface area contributed by atoms with Crippen LogP contribution in [0.25, 0.3) is 11.3 Å². The van der Waals surface area contributed by atoms with Gasteiger partial charge in [-0.1, -0.05) is 20.8 Å². The van der Waals surface area contributed by atoms with E-state index in [-0.39, 0.29) is 5.41 Å². The third-order valence-corrected chi connectivity index (χ3v) is 2.25. The molecule has 2 heterocycles. The molecule has 4 nitrogen and oxygen atoms in total. The lowest BCUT2D eigenvalue weighted by molar-refractivity contribution is 0.400. The molecule has 0 spiro atoms. The van der Waals surface area contributed by atoms with Gasteiger partial charge in [0.2, 0.25) is 0 Å². The lowest BCUT2D eigenvalue weighted by Crippen LogP contribution is -2.11. The summed E-state index contributed by atoms with van der Waals surface area (Å²) in [6.45, 7) is 6.52. The Morgan fingerprint density at radius 2 is 1.65 bits per heavy atom. The first-order valence-corrected chi connectivity index (χ1v) is 5.62. The van der Waals surface area contributed by atoms with E-state index in [1.54, 1.807) is 31.0 Å². The number of rotatable bonds is 2. The number of aromatic nitrogens is 4. The van der Waals surface area contributed by atoms with Crippen molar-refractivity contribution in [1.29, 1.82) is 0 Å². The van der Waals surface area contributed by atoms with Crippen molar-refractivity contribution in [2.24, 2.45) is 5.41 Å². The van der Waals surface area contributed by atoms with Crippen molar-refractivity contribution in [1.82, 2.24) is 19.9 Å². The zero-order chi connectivity index (χ0) is 12.3. The summed E-state index contributed by atoms with van der Waals surface area (Å²) in [4.78, 5) is 17.0. The van der Waals surface area contributed by atoms with Crippen LogP contribution in [-0.4, -0.2) is 19.9 Å². The van der Waals surface area contributed by atoms with Crippen molar-refractivity contribution < 1.29 is 0 Å². The van der Waals surface area contributed by atoms with Gasteiger partial charge in [0.25, 0.3) is 0 Å².